The number of nitrogens with one attached hydrogen (secondary N) is 2. The van der Waals surface area contributed by atoms with Crippen molar-refractivity contribution in [1.29, 1.82) is 0 Å². The number of anilines is 1. The van der Waals surface area contributed by atoms with E-state index >= 15 is 0 Å². The zero-order valence-corrected chi connectivity index (χ0v) is 15.8. The van der Waals surface area contributed by atoms with E-state index in [9.17, 15) is 4.79 Å². The Morgan fingerprint density at radius 1 is 1.17 bits per heavy atom. The summed E-state index contributed by atoms with van der Waals surface area (Å²) in [6, 6.07) is 7.96. The number of nitrogens with zero attached hydrogens (tertiary/aromatic N) is 2. The van der Waals surface area contributed by atoms with Gasteiger partial charge in [-0.2, -0.15) is 0 Å². The largest absolute Gasteiger partial charge is 0.378 e. The average molecular weight is 347 g/mol. The number of benzene rings is 1. The average Bonchev–Trinajstić information content (AvgIpc) is 2.55. The molecule has 0 saturated heterocycles. The summed E-state index contributed by atoms with van der Waals surface area (Å²) in [6.07, 6.45) is 0. The van der Waals surface area contributed by atoms with Gasteiger partial charge in [0.1, 0.15) is 0 Å². The van der Waals surface area contributed by atoms with Crippen LogP contribution in [0.2, 0.25) is 0 Å². The monoisotopic (exact) mass is 346 g/mol. The van der Waals surface area contributed by atoms with Crippen LogP contribution >= 0.6 is 12.2 Å². The van der Waals surface area contributed by atoms with E-state index in [4.69, 9.17) is 12.2 Å². The van der Waals surface area contributed by atoms with E-state index in [-0.39, 0.29) is 11.9 Å². The van der Waals surface area contributed by atoms with Gasteiger partial charge in [-0.3, -0.25) is 4.79 Å². The highest BCUT2D eigenvalue weighted by Gasteiger charge is 2.31. The summed E-state index contributed by atoms with van der Waals surface area (Å²) in [4.78, 5) is 16.9. The van der Waals surface area contributed by atoms with E-state index in [1.54, 1.807) is 0 Å². The van der Waals surface area contributed by atoms with E-state index in [0.29, 0.717) is 18.2 Å². The normalized spacial score (nSPS) is 17.2. The third-order valence-corrected chi connectivity index (χ3v) is 4.51. The molecule has 1 aromatic carbocycles. The number of likely N-dealkylation sites (N-methyl/N-ethyl adjacent to an activating group) is 1. The number of rotatable bonds is 5. The van der Waals surface area contributed by atoms with Crippen LogP contribution in [0.1, 0.15) is 32.4 Å². The second-order valence-corrected chi connectivity index (χ2v) is 6.44. The van der Waals surface area contributed by atoms with Crippen molar-refractivity contribution in [1.82, 2.24) is 15.5 Å². The molecule has 0 aliphatic carbocycles. The maximum Gasteiger partial charge on any atom is 0.253 e. The fourth-order valence-electron chi connectivity index (χ4n) is 2.87. The first-order chi connectivity index (χ1) is 11.4. The summed E-state index contributed by atoms with van der Waals surface area (Å²) in [5, 5.41) is 6.88. The summed E-state index contributed by atoms with van der Waals surface area (Å²) >= 11 is 5.30. The van der Waals surface area contributed by atoms with Crippen LogP contribution in [0.25, 0.3) is 0 Å². The molecule has 0 saturated carbocycles. The number of thiocarbonyl (C=S) groups is 1. The Morgan fingerprint density at radius 2 is 1.75 bits per heavy atom. The molecule has 2 N–H and O–H groups in total. The first kappa shape index (κ1) is 18.3. The molecule has 0 spiro atoms. The predicted octanol–water partition coefficient (Wildman–Crippen LogP) is 2.41. The number of allylic oxidation sites excluding steroid dienone is 1. The topological polar surface area (TPSA) is 47.6 Å². The van der Waals surface area contributed by atoms with Crippen molar-refractivity contribution in [3.8, 4) is 0 Å². The zero-order chi connectivity index (χ0) is 17.9. The van der Waals surface area contributed by atoms with Gasteiger partial charge in [0.15, 0.2) is 5.11 Å². The van der Waals surface area contributed by atoms with Crippen molar-refractivity contribution in [2.45, 2.75) is 26.8 Å². The number of amides is 1. The molecule has 1 aliphatic heterocycles. The highest BCUT2D eigenvalue weighted by Crippen LogP contribution is 2.29. The van der Waals surface area contributed by atoms with Crippen molar-refractivity contribution in [2.75, 3.05) is 32.1 Å². The van der Waals surface area contributed by atoms with Gasteiger partial charge in [0, 0.05) is 38.6 Å². The Bertz CT molecular complexity index is 647. The van der Waals surface area contributed by atoms with Gasteiger partial charge in [-0.25, -0.2) is 0 Å². The van der Waals surface area contributed by atoms with Gasteiger partial charge in [0.05, 0.1) is 11.6 Å². The zero-order valence-electron chi connectivity index (χ0n) is 15.0. The molecular formula is C18H26N4OS. The molecule has 0 fully saturated rings. The van der Waals surface area contributed by atoms with Crippen molar-refractivity contribution in [3.63, 3.8) is 0 Å². The molecule has 1 aromatic rings. The van der Waals surface area contributed by atoms with Crippen molar-refractivity contribution >= 4 is 28.9 Å². The first-order valence-corrected chi connectivity index (χ1v) is 8.64. The van der Waals surface area contributed by atoms with Gasteiger partial charge in [-0.15, -0.1) is 0 Å². The Hall–Kier alpha value is -2.08. The molecule has 1 aliphatic rings. The van der Waals surface area contributed by atoms with Crippen LogP contribution < -0.4 is 15.5 Å². The van der Waals surface area contributed by atoms with Crippen LogP contribution in [0.4, 0.5) is 5.69 Å². The highest BCUT2D eigenvalue weighted by molar-refractivity contribution is 7.80. The summed E-state index contributed by atoms with van der Waals surface area (Å²) in [6.45, 7) is 7.26. The van der Waals surface area contributed by atoms with Crippen molar-refractivity contribution < 1.29 is 4.79 Å². The van der Waals surface area contributed by atoms with E-state index in [1.807, 2.05) is 56.8 Å². The van der Waals surface area contributed by atoms with E-state index < -0.39 is 0 Å². The maximum absolute atomic E-state index is 13.0. The van der Waals surface area contributed by atoms with E-state index in [2.05, 4.69) is 22.8 Å². The molecule has 24 heavy (non-hydrogen) atoms. The fraction of sp³-hybridized carbons (Fsp3) is 0.444. The van der Waals surface area contributed by atoms with Crippen LogP contribution in [0, 0.1) is 0 Å². The minimum absolute atomic E-state index is 0.0432. The summed E-state index contributed by atoms with van der Waals surface area (Å²) < 4.78 is 0. The summed E-state index contributed by atoms with van der Waals surface area (Å²) in [7, 11) is 4.01. The molecule has 0 bridgehead atoms. The lowest BCUT2D eigenvalue weighted by Crippen LogP contribution is -2.47. The lowest BCUT2D eigenvalue weighted by atomic mass is 9.94. The van der Waals surface area contributed by atoms with Crippen LogP contribution in [-0.4, -0.2) is 43.1 Å². The lowest BCUT2D eigenvalue weighted by molar-refractivity contribution is -0.127. The predicted molar refractivity (Wildman–Crippen MR) is 103 cm³/mol. The van der Waals surface area contributed by atoms with E-state index in [1.165, 1.54) is 0 Å². The van der Waals surface area contributed by atoms with Crippen LogP contribution in [0.3, 0.4) is 0 Å². The number of carbonyl (C=O) groups excluding carboxylic acids is 1. The Kier molecular flexibility index (Phi) is 5.83. The maximum atomic E-state index is 13.0. The quantitative estimate of drug-likeness (QED) is 0.802. The molecule has 1 atom stereocenters. The molecule has 5 nitrogen and oxygen atoms in total. The van der Waals surface area contributed by atoms with Gasteiger partial charge in [0.25, 0.3) is 5.91 Å². The molecule has 2 rings (SSSR count). The third kappa shape index (κ3) is 3.70. The van der Waals surface area contributed by atoms with Crippen LogP contribution in [0.5, 0.6) is 0 Å². The molecule has 6 heteroatoms. The molecule has 0 unspecified atom stereocenters. The van der Waals surface area contributed by atoms with Crippen LogP contribution in [0.15, 0.2) is 35.5 Å². The molecule has 130 valence electrons. The molecular weight excluding hydrogens is 320 g/mol. The number of hydrogen-bond acceptors (Lipinski definition) is 3. The van der Waals surface area contributed by atoms with Gasteiger partial charge in [0.2, 0.25) is 0 Å². The van der Waals surface area contributed by atoms with Gasteiger partial charge >= 0.3 is 0 Å². The lowest BCUT2D eigenvalue weighted by Gasteiger charge is -2.33. The molecule has 1 heterocycles. The van der Waals surface area contributed by atoms with Crippen molar-refractivity contribution in [2.24, 2.45) is 0 Å². The van der Waals surface area contributed by atoms with Gasteiger partial charge in [-0.1, -0.05) is 12.1 Å². The highest BCUT2D eigenvalue weighted by atomic mass is 32.1. The second-order valence-electron chi connectivity index (χ2n) is 6.03. The third-order valence-electron chi connectivity index (χ3n) is 4.29. The van der Waals surface area contributed by atoms with Gasteiger partial charge in [-0.05, 0) is 50.7 Å². The smallest absolute Gasteiger partial charge is 0.253 e. The molecule has 0 aromatic heterocycles. The molecule has 0 radical (unpaired) electrons. The van der Waals surface area contributed by atoms with E-state index in [0.717, 1.165) is 22.5 Å². The first-order valence-electron chi connectivity index (χ1n) is 8.23. The Balaban J connectivity index is 2.42. The molecule has 1 amide bonds. The van der Waals surface area contributed by atoms with Crippen LogP contribution in [-0.2, 0) is 4.79 Å². The van der Waals surface area contributed by atoms with Gasteiger partial charge < -0.3 is 20.4 Å². The minimum atomic E-state index is -0.233. The number of hydrogen-bond donors (Lipinski definition) is 2. The summed E-state index contributed by atoms with van der Waals surface area (Å²) in [5.74, 6) is 0.0432. The summed E-state index contributed by atoms with van der Waals surface area (Å²) in [5.41, 5.74) is 3.69. The Morgan fingerprint density at radius 3 is 2.25 bits per heavy atom. The number of carbonyl (C=O) groups is 1. The Labute approximate surface area is 149 Å². The van der Waals surface area contributed by atoms with Crippen molar-refractivity contribution in [3.05, 3.63) is 41.1 Å². The fourth-order valence-corrected chi connectivity index (χ4v) is 3.14. The SMILES string of the molecule is CCN(CC)C(=O)C1=C(C)NC(=S)N[C@H]1c1ccc(N(C)C)cc1. The minimum Gasteiger partial charge on any atom is -0.378 e. The standard InChI is InChI=1S/C18H26N4OS/c1-6-22(7-2)17(23)15-12(3)19-18(24)20-16(15)13-8-10-14(11-9-13)21(4)5/h8-11,16H,6-7H2,1-5H3,(H2,19,20,24)/t16-/m0/s1. The second kappa shape index (κ2) is 7.66.